The molecule has 8 heteroatoms. The molecule has 0 unspecified atom stereocenters. The largest absolute Gasteiger partial charge is 0.312 e. The number of amides is 1. The summed E-state index contributed by atoms with van der Waals surface area (Å²) < 4.78 is 1.82. The fraction of sp³-hybridized carbons (Fsp3) is 0.500. The van der Waals surface area contributed by atoms with Gasteiger partial charge in [-0.1, -0.05) is 13.3 Å². The summed E-state index contributed by atoms with van der Waals surface area (Å²) in [5, 5.41) is 17.5. The van der Waals surface area contributed by atoms with E-state index >= 15 is 0 Å². The van der Waals surface area contributed by atoms with Gasteiger partial charge in [0.1, 0.15) is 5.82 Å². The Labute approximate surface area is 135 Å². The van der Waals surface area contributed by atoms with Gasteiger partial charge in [0.15, 0.2) is 5.69 Å². The highest BCUT2D eigenvalue weighted by Crippen LogP contribution is 2.17. The number of nitrogens with one attached hydrogen (secondary N) is 3. The number of carbonyl (C=O) groups is 1. The molecule has 7 nitrogen and oxygen atoms in total. The number of anilines is 1. The number of aromatic nitrogens is 4. The van der Waals surface area contributed by atoms with Gasteiger partial charge in [-0.25, -0.2) is 4.68 Å². The number of fused-ring (bicyclic) bond motifs is 1. The van der Waals surface area contributed by atoms with Crippen LogP contribution in [0.2, 0.25) is 0 Å². The van der Waals surface area contributed by atoms with Crippen LogP contribution in [-0.4, -0.2) is 32.4 Å². The minimum Gasteiger partial charge on any atom is -0.312 e. The third-order valence-corrected chi connectivity index (χ3v) is 3.70. The Morgan fingerprint density at radius 2 is 2.36 bits per heavy atom. The highest BCUT2D eigenvalue weighted by molar-refractivity contribution is 6.03. The predicted octanol–water partition coefficient (Wildman–Crippen LogP) is 1.73. The van der Waals surface area contributed by atoms with E-state index in [9.17, 15) is 4.79 Å². The third kappa shape index (κ3) is 3.31. The summed E-state index contributed by atoms with van der Waals surface area (Å²) in [4.78, 5) is 12.4. The maximum Gasteiger partial charge on any atom is 0.277 e. The lowest BCUT2D eigenvalue weighted by Crippen LogP contribution is -2.25. The van der Waals surface area contributed by atoms with Crippen LogP contribution in [0.1, 0.15) is 41.5 Å². The first-order valence-corrected chi connectivity index (χ1v) is 7.39. The van der Waals surface area contributed by atoms with E-state index in [1.54, 1.807) is 6.20 Å². The lowest BCUT2D eigenvalue weighted by molar-refractivity contribution is 0.102. The molecule has 1 aliphatic heterocycles. The molecule has 0 bridgehead atoms. The maximum absolute atomic E-state index is 12.4. The van der Waals surface area contributed by atoms with E-state index in [2.05, 4.69) is 32.9 Å². The molecule has 0 atom stereocenters. The second-order valence-corrected chi connectivity index (χ2v) is 5.20. The molecular formula is C14H21ClN6O. The van der Waals surface area contributed by atoms with E-state index < -0.39 is 0 Å². The molecule has 3 N–H and O–H groups in total. The smallest absolute Gasteiger partial charge is 0.277 e. The van der Waals surface area contributed by atoms with E-state index in [-0.39, 0.29) is 18.3 Å². The SMILES string of the molecule is CCCCn1nccc1NC(=O)c1n[nH]c2c1CNCC2.Cl. The summed E-state index contributed by atoms with van der Waals surface area (Å²) >= 11 is 0. The molecule has 3 heterocycles. The Bertz CT molecular complexity index is 635. The first-order chi connectivity index (χ1) is 10.3. The number of rotatable bonds is 5. The van der Waals surface area contributed by atoms with Crippen LogP contribution in [0, 0.1) is 0 Å². The van der Waals surface area contributed by atoms with Crippen LogP contribution in [0.15, 0.2) is 12.3 Å². The van der Waals surface area contributed by atoms with E-state index in [4.69, 9.17) is 0 Å². The van der Waals surface area contributed by atoms with Crippen molar-refractivity contribution in [2.45, 2.75) is 39.3 Å². The molecule has 0 spiro atoms. The number of hydrogen-bond donors (Lipinski definition) is 3. The van der Waals surface area contributed by atoms with E-state index in [1.807, 2.05) is 10.7 Å². The van der Waals surface area contributed by atoms with Gasteiger partial charge >= 0.3 is 0 Å². The molecule has 0 radical (unpaired) electrons. The fourth-order valence-corrected chi connectivity index (χ4v) is 2.51. The Kier molecular flexibility index (Phi) is 5.57. The van der Waals surface area contributed by atoms with Gasteiger partial charge in [0.25, 0.3) is 5.91 Å². The second-order valence-electron chi connectivity index (χ2n) is 5.20. The lowest BCUT2D eigenvalue weighted by Gasteiger charge is -2.13. The first-order valence-electron chi connectivity index (χ1n) is 7.39. The van der Waals surface area contributed by atoms with Crippen molar-refractivity contribution in [3.63, 3.8) is 0 Å². The van der Waals surface area contributed by atoms with Crippen molar-refractivity contribution in [1.29, 1.82) is 0 Å². The zero-order valence-corrected chi connectivity index (χ0v) is 13.4. The monoisotopic (exact) mass is 324 g/mol. The highest BCUT2D eigenvalue weighted by atomic mass is 35.5. The molecule has 0 saturated heterocycles. The topological polar surface area (TPSA) is 87.6 Å². The highest BCUT2D eigenvalue weighted by Gasteiger charge is 2.22. The van der Waals surface area contributed by atoms with Crippen molar-refractivity contribution >= 4 is 24.1 Å². The minimum absolute atomic E-state index is 0. The molecule has 0 saturated carbocycles. The van der Waals surface area contributed by atoms with Crippen molar-refractivity contribution in [2.75, 3.05) is 11.9 Å². The number of aromatic amines is 1. The Morgan fingerprint density at radius 1 is 1.50 bits per heavy atom. The lowest BCUT2D eigenvalue weighted by atomic mass is 10.1. The normalized spacial score (nSPS) is 13.3. The zero-order valence-electron chi connectivity index (χ0n) is 12.6. The van der Waals surface area contributed by atoms with Gasteiger partial charge in [0, 0.05) is 43.4 Å². The van der Waals surface area contributed by atoms with Gasteiger partial charge < -0.3 is 10.6 Å². The van der Waals surface area contributed by atoms with Crippen molar-refractivity contribution in [1.82, 2.24) is 25.3 Å². The van der Waals surface area contributed by atoms with Gasteiger partial charge in [-0.05, 0) is 6.42 Å². The molecule has 1 amide bonds. The van der Waals surface area contributed by atoms with E-state index in [0.29, 0.717) is 18.1 Å². The van der Waals surface area contributed by atoms with Crippen LogP contribution in [0.5, 0.6) is 0 Å². The molecule has 0 fully saturated rings. The maximum atomic E-state index is 12.4. The summed E-state index contributed by atoms with van der Waals surface area (Å²) in [5.74, 6) is 0.531. The second kappa shape index (κ2) is 7.42. The number of carbonyl (C=O) groups excluding carboxylic acids is 1. The number of halogens is 1. The van der Waals surface area contributed by atoms with Crippen molar-refractivity contribution in [3.05, 3.63) is 29.2 Å². The zero-order chi connectivity index (χ0) is 14.7. The van der Waals surface area contributed by atoms with Crippen molar-refractivity contribution in [3.8, 4) is 0 Å². The Hall–Kier alpha value is -1.86. The fourth-order valence-electron chi connectivity index (χ4n) is 2.51. The summed E-state index contributed by atoms with van der Waals surface area (Å²) in [6.45, 7) is 4.54. The van der Waals surface area contributed by atoms with Gasteiger partial charge in [-0.2, -0.15) is 10.2 Å². The molecule has 0 aliphatic carbocycles. The predicted molar refractivity (Wildman–Crippen MR) is 86.3 cm³/mol. The summed E-state index contributed by atoms with van der Waals surface area (Å²) in [6.07, 6.45) is 4.70. The molecule has 0 aromatic carbocycles. The molecule has 2 aromatic rings. The van der Waals surface area contributed by atoms with Gasteiger partial charge in [0.05, 0.1) is 6.20 Å². The average molecular weight is 325 g/mol. The summed E-state index contributed by atoms with van der Waals surface area (Å²) in [7, 11) is 0. The van der Waals surface area contributed by atoms with Crippen LogP contribution >= 0.6 is 12.4 Å². The number of aryl methyl sites for hydroxylation is 1. The summed E-state index contributed by atoms with van der Waals surface area (Å²) in [5.41, 5.74) is 2.50. The van der Waals surface area contributed by atoms with Crippen LogP contribution in [-0.2, 0) is 19.5 Å². The molecule has 1 aliphatic rings. The molecule has 3 rings (SSSR count). The Balaban J connectivity index is 0.00000176. The molecule has 120 valence electrons. The number of hydrogen-bond acceptors (Lipinski definition) is 4. The van der Waals surface area contributed by atoms with E-state index in [1.165, 1.54) is 0 Å². The van der Waals surface area contributed by atoms with Crippen LogP contribution in [0.25, 0.3) is 0 Å². The summed E-state index contributed by atoms with van der Waals surface area (Å²) in [6, 6.07) is 1.81. The average Bonchev–Trinajstić information content (AvgIpc) is 3.11. The molecular weight excluding hydrogens is 304 g/mol. The number of H-pyrrole nitrogens is 1. The van der Waals surface area contributed by atoms with Crippen LogP contribution < -0.4 is 10.6 Å². The molecule has 22 heavy (non-hydrogen) atoms. The first kappa shape index (κ1) is 16.5. The van der Waals surface area contributed by atoms with Gasteiger partial charge in [-0.15, -0.1) is 12.4 Å². The Morgan fingerprint density at radius 3 is 3.18 bits per heavy atom. The van der Waals surface area contributed by atoms with Crippen LogP contribution in [0.4, 0.5) is 5.82 Å². The minimum atomic E-state index is -0.186. The third-order valence-electron chi connectivity index (χ3n) is 3.70. The van der Waals surface area contributed by atoms with E-state index in [0.717, 1.165) is 43.6 Å². The van der Waals surface area contributed by atoms with Crippen LogP contribution in [0.3, 0.4) is 0 Å². The molecule has 2 aromatic heterocycles. The van der Waals surface area contributed by atoms with Crippen molar-refractivity contribution in [2.24, 2.45) is 0 Å². The number of unbranched alkanes of at least 4 members (excludes halogenated alkanes) is 1. The van der Waals surface area contributed by atoms with Crippen molar-refractivity contribution < 1.29 is 4.79 Å². The van der Waals surface area contributed by atoms with Gasteiger partial charge in [-0.3, -0.25) is 9.89 Å². The number of nitrogens with zero attached hydrogens (tertiary/aromatic N) is 3. The van der Waals surface area contributed by atoms with Gasteiger partial charge in [0.2, 0.25) is 0 Å². The standard InChI is InChI=1S/C14H20N6O.ClH/c1-2-3-8-20-12(5-7-16-20)17-14(21)13-10-9-15-6-4-11(10)18-19-13;/h5,7,15H,2-4,6,8-9H2,1H3,(H,17,21)(H,18,19);1H. The quantitative estimate of drug-likeness (QED) is 0.781.